The van der Waals surface area contributed by atoms with Crippen molar-refractivity contribution in [2.75, 3.05) is 13.1 Å². The van der Waals surface area contributed by atoms with Gasteiger partial charge < -0.3 is 9.80 Å². The molecular formula is C31H62N2. The molecule has 1 unspecified atom stereocenters. The number of nitrogens with zero attached hydrogens (tertiary/aromatic N) is 2. The van der Waals surface area contributed by atoms with Crippen LogP contribution in [0.4, 0.5) is 0 Å². The molecule has 0 saturated carbocycles. The molecule has 0 aromatic carbocycles. The molecule has 0 aromatic heterocycles. The van der Waals surface area contributed by atoms with Crippen LogP contribution in [0.1, 0.15) is 168 Å². The van der Waals surface area contributed by atoms with Crippen LogP contribution in [0, 0.1) is 0 Å². The summed E-state index contributed by atoms with van der Waals surface area (Å²) in [7, 11) is 0. The van der Waals surface area contributed by atoms with Gasteiger partial charge in [0.2, 0.25) is 0 Å². The van der Waals surface area contributed by atoms with E-state index in [0.717, 1.165) is 0 Å². The van der Waals surface area contributed by atoms with Crippen LogP contribution in [0.25, 0.3) is 0 Å². The van der Waals surface area contributed by atoms with E-state index >= 15 is 0 Å². The fourth-order valence-electron chi connectivity index (χ4n) is 5.23. The summed E-state index contributed by atoms with van der Waals surface area (Å²) >= 11 is 0. The minimum atomic E-state index is 0.571. The van der Waals surface area contributed by atoms with Gasteiger partial charge in [0, 0.05) is 25.5 Å². The zero-order valence-corrected chi connectivity index (χ0v) is 23.3. The van der Waals surface area contributed by atoms with Crippen molar-refractivity contribution < 1.29 is 0 Å². The van der Waals surface area contributed by atoms with Crippen molar-refractivity contribution in [3.8, 4) is 0 Å². The largest absolute Gasteiger partial charge is 0.356 e. The first-order valence-corrected chi connectivity index (χ1v) is 15.5. The van der Waals surface area contributed by atoms with E-state index in [-0.39, 0.29) is 0 Å². The highest BCUT2D eigenvalue weighted by molar-refractivity contribution is 4.95. The fourth-order valence-corrected chi connectivity index (χ4v) is 5.23. The van der Waals surface area contributed by atoms with Gasteiger partial charge in [0.05, 0.1) is 6.17 Å². The van der Waals surface area contributed by atoms with Gasteiger partial charge in [-0.2, -0.15) is 0 Å². The Kier molecular flexibility index (Phi) is 21.3. The SMILES string of the molecule is CCCCCCCCCCCCCCCCCCN1C=CN(CCCCCCCCC)C1C. The van der Waals surface area contributed by atoms with Crippen molar-refractivity contribution in [2.45, 2.75) is 175 Å². The normalized spacial score (nSPS) is 15.8. The Morgan fingerprint density at radius 2 is 0.636 bits per heavy atom. The van der Waals surface area contributed by atoms with Crippen molar-refractivity contribution in [3.05, 3.63) is 12.4 Å². The van der Waals surface area contributed by atoms with Gasteiger partial charge in [0.1, 0.15) is 0 Å². The van der Waals surface area contributed by atoms with Gasteiger partial charge in [-0.1, -0.05) is 149 Å². The standard InChI is InChI=1S/C31H62N2/c1-4-6-8-10-12-13-14-15-16-17-18-19-20-22-24-26-28-33-30-29-32(31(33)3)27-25-23-21-11-9-7-5-2/h29-31H,4-28H2,1-3H3. The van der Waals surface area contributed by atoms with E-state index in [1.54, 1.807) is 0 Å². The smallest absolute Gasteiger partial charge is 0.0977 e. The Labute approximate surface area is 210 Å². The van der Waals surface area contributed by atoms with Crippen LogP contribution in [0.3, 0.4) is 0 Å². The second kappa shape index (κ2) is 23.1. The molecule has 196 valence electrons. The van der Waals surface area contributed by atoms with Crippen LogP contribution in [0.2, 0.25) is 0 Å². The number of hydrogen-bond donors (Lipinski definition) is 0. The molecule has 0 fully saturated rings. The summed E-state index contributed by atoms with van der Waals surface area (Å²) in [5.41, 5.74) is 0. The quantitative estimate of drug-likeness (QED) is 0.124. The van der Waals surface area contributed by atoms with Crippen LogP contribution in [-0.4, -0.2) is 29.1 Å². The highest BCUT2D eigenvalue weighted by Gasteiger charge is 2.20. The monoisotopic (exact) mass is 462 g/mol. The summed E-state index contributed by atoms with van der Waals surface area (Å²) < 4.78 is 0. The van der Waals surface area contributed by atoms with Crippen LogP contribution in [0.15, 0.2) is 12.4 Å². The van der Waals surface area contributed by atoms with E-state index < -0.39 is 0 Å². The lowest BCUT2D eigenvalue weighted by Gasteiger charge is -2.30. The van der Waals surface area contributed by atoms with Crippen molar-refractivity contribution in [1.29, 1.82) is 0 Å². The second-order valence-corrected chi connectivity index (χ2v) is 10.8. The molecule has 2 heteroatoms. The van der Waals surface area contributed by atoms with Gasteiger partial charge in [-0.15, -0.1) is 0 Å². The molecule has 0 N–H and O–H groups in total. The minimum Gasteiger partial charge on any atom is -0.356 e. The molecule has 0 aliphatic carbocycles. The third kappa shape index (κ3) is 17.4. The predicted molar refractivity (Wildman–Crippen MR) is 150 cm³/mol. The molecule has 0 bridgehead atoms. The lowest BCUT2D eigenvalue weighted by Crippen LogP contribution is -2.36. The van der Waals surface area contributed by atoms with E-state index in [0.29, 0.717) is 6.17 Å². The summed E-state index contributed by atoms with van der Waals surface area (Å²) in [5, 5.41) is 0. The molecule has 0 radical (unpaired) electrons. The van der Waals surface area contributed by atoms with E-state index in [1.165, 1.54) is 161 Å². The molecule has 0 aromatic rings. The predicted octanol–water partition coefficient (Wildman–Crippen LogP) is 10.4. The Morgan fingerprint density at radius 3 is 0.909 bits per heavy atom. The Hall–Kier alpha value is -0.660. The lowest BCUT2D eigenvalue weighted by molar-refractivity contribution is 0.165. The molecule has 0 saturated heterocycles. The maximum Gasteiger partial charge on any atom is 0.0977 e. The summed E-state index contributed by atoms with van der Waals surface area (Å²) in [6, 6.07) is 0. The first kappa shape index (κ1) is 30.4. The maximum atomic E-state index is 2.56. The van der Waals surface area contributed by atoms with Crippen molar-refractivity contribution in [1.82, 2.24) is 9.80 Å². The van der Waals surface area contributed by atoms with E-state index in [9.17, 15) is 0 Å². The molecule has 0 amide bonds. The number of unbranched alkanes of at least 4 members (excludes halogenated alkanes) is 21. The van der Waals surface area contributed by atoms with Crippen LogP contribution in [0.5, 0.6) is 0 Å². The molecule has 1 atom stereocenters. The van der Waals surface area contributed by atoms with Gasteiger partial charge in [-0.05, 0) is 19.8 Å². The van der Waals surface area contributed by atoms with Gasteiger partial charge in [0.25, 0.3) is 0 Å². The first-order valence-electron chi connectivity index (χ1n) is 15.5. The van der Waals surface area contributed by atoms with Gasteiger partial charge in [-0.25, -0.2) is 0 Å². The zero-order valence-electron chi connectivity index (χ0n) is 23.3. The Bertz CT molecular complexity index is 419. The van der Waals surface area contributed by atoms with Gasteiger partial charge in [0.15, 0.2) is 0 Å². The molecular weight excluding hydrogens is 400 g/mol. The average Bonchev–Trinajstić information content (AvgIpc) is 3.17. The van der Waals surface area contributed by atoms with E-state index in [4.69, 9.17) is 0 Å². The molecule has 1 aliphatic heterocycles. The lowest BCUT2D eigenvalue weighted by atomic mass is 10.0. The third-order valence-corrected chi connectivity index (χ3v) is 7.70. The average molecular weight is 463 g/mol. The summed E-state index contributed by atoms with van der Waals surface area (Å²) in [4.78, 5) is 5.11. The first-order chi connectivity index (χ1) is 16.3. The maximum absolute atomic E-state index is 2.56. The fraction of sp³-hybridized carbons (Fsp3) is 0.935. The summed E-state index contributed by atoms with van der Waals surface area (Å²) in [6.07, 6.45) is 38.3. The highest BCUT2D eigenvalue weighted by Crippen LogP contribution is 2.19. The molecule has 33 heavy (non-hydrogen) atoms. The van der Waals surface area contributed by atoms with Crippen LogP contribution in [-0.2, 0) is 0 Å². The number of hydrogen-bond acceptors (Lipinski definition) is 2. The van der Waals surface area contributed by atoms with E-state index in [2.05, 4.69) is 43.0 Å². The van der Waals surface area contributed by atoms with Crippen LogP contribution >= 0.6 is 0 Å². The minimum absolute atomic E-state index is 0.571. The van der Waals surface area contributed by atoms with Crippen molar-refractivity contribution >= 4 is 0 Å². The van der Waals surface area contributed by atoms with Crippen molar-refractivity contribution in [3.63, 3.8) is 0 Å². The molecule has 1 aliphatic rings. The highest BCUT2D eigenvalue weighted by atomic mass is 15.4. The van der Waals surface area contributed by atoms with Crippen LogP contribution < -0.4 is 0 Å². The summed E-state index contributed by atoms with van der Waals surface area (Å²) in [5.74, 6) is 0. The zero-order chi connectivity index (χ0) is 23.8. The van der Waals surface area contributed by atoms with Gasteiger partial charge >= 0.3 is 0 Å². The summed E-state index contributed by atoms with van der Waals surface area (Å²) in [6.45, 7) is 9.46. The Balaban J connectivity index is 1.82. The topological polar surface area (TPSA) is 6.48 Å². The molecule has 1 heterocycles. The van der Waals surface area contributed by atoms with E-state index in [1.807, 2.05) is 0 Å². The number of rotatable bonds is 25. The Morgan fingerprint density at radius 1 is 0.394 bits per heavy atom. The molecule has 2 nitrogen and oxygen atoms in total. The third-order valence-electron chi connectivity index (χ3n) is 7.70. The second-order valence-electron chi connectivity index (χ2n) is 10.8. The van der Waals surface area contributed by atoms with Crippen molar-refractivity contribution in [2.24, 2.45) is 0 Å². The molecule has 0 spiro atoms. The molecule has 1 rings (SSSR count). The van der Waals surface area contributed by atoms with Gasteiger partial charge in [-0.3, -0.25) is 0 Å².